The highest BCUT2D eigenvalue weighted by Gasteiger charge is 2.24. The number of nitrogens with one attached hydrogen (secondary N) is 1. The highest BCUT2D eigenvalue weighted by atomic mass is 16.5. The van der Waals surface area contributed by atoms with E-state index in [1.807, 2.05) is 24.3 Å². The van der Waals surface area contributed by atoms with Crippen LogP contribution in [0, 0.1) is 11.3 Å². The molecule has 0 bridgehead atoms. The Labute approximate surface area is 171 Å². The molecule has 3 rings (SSSR count). The van der Waals surface area contributed by atoms with Crippen LogP contribution in [0.5, 0.6) is 11.5 Å². The summed E-state index contributed by atoms with van der Waals surface area (Å²) in [6, 6.07) is 8.13. The third-order valence-corrected chi connectivity index (χ3v) is 4.87. The third-order valence-electron chi connectivity index (χ3n) is 4.87. The number of piperidine rings is 1. The van der Waals surface area contributed by atoms with Crippen LogP contribution in [-0.2, 0) is 6.54 Å². The SMILES string of the molecule is C=CCOc1cc(CN(c2ncc(C#N)c(N)n2)C2CCNCC2)ccc1OC. The monoisotopic (exact) mass is 394 g/mol. The van der Waals surface area contributed by atoms with Gasteiger partial charge < -0.3 is 25.4 Å². The first-order valence-electron chi connectivity index (χ1n) is 9.56. The van der Waals surface area contributed by atoms with Crippen molar-refractivity contribution in [3.05, 3.63) is 48.2 Å². The average molecular weight is 394 g/mol. The summed E-state index contributed by atoms with van der Waals surface area (Å²) in [5.41, 5.74) is 7.27. The molecule has 1 aromatic carbocycles. The lowest BCUT2D eigenvalue weighted by atomic mass is 10.0. The minimum atomic E-state index is 0.196. The van der Waals surface area contributed by atoms with Crippen molar-refractivity contribution in [1.29, 1.82) is 5.26 Å². The van der Waals surface area contributed by atoms with Crippen LogP contribution in [0.15, 0.2) is 37.1 Å². The summed E-state index contributed by atoms with van der Waals surface area (Å²) in [5.74, 6) is 2.05. The van der Waals surface area contributed by atoms with Crippen LogP contribution in [-0.4, -0.2) is 42.8 Å². The minimum absolute atomic E-state index is 0.196. The first-order valence-corrected chi connectivity index (χ1v) is 9.56. The second-order valence-corrected chi connectivity index (χ2v) is 6.77. The smallest absolute Gasteiger partial charge is 0.227 e. The van der Waals surface area contributed by atoms with Crippen LogP contribution >= 0.6 is 0 Å². The fourth-order valence-electron chi connectivity index (χ4n) is 3.37. The molecule has 0 unspecified atom stereocenters. The number of nitrogens with two attached hydrogens (primary N) is 1. The second kappa shape index (κ2) is 9.75. The molecule has 1 saturated heterocycles. The van der Waals surface area contributed by atoms with Gasteiger partial charge in [0.1, 0.15) is 24.1 Å². The quantitative estimate of drug-likeness (QED) is 0.656. The van der Waals surface area contributed by atoms with Crippen LogP contribution in [0.1, 0.15) is 24.0 Å². The molecule has 8 nitrogen and oxygen atoms in total. The van der Waals surface area contributed by atoms with Gasteiger partial charge in [0, 0.05) is 12.6 Å². The molecule has 1 aliphatic heterocycles. The maximum atomic E-state index is 9.12. The van der Waals surface area contributed by atoms with Crippen LogP contribution in [0.4, 0.5) is 11.8 Å². The van der Waals surface area contributed by atoms with E-state index in [1.54, 1.807) is 13.2 Å². The van der Waals surface area contributed by atoms with Crippen molar-refractivity contribution in [2.75, 3.05) is 37.4 Å². The van der Waals surface area contributed by atoms with Gasteiger partial charge in [-0.3, -0.25) is 0 Å². The molecule has 2 heterocycles. The van der Waals surface area contributed by atoms with Crippen LogP contribution in [0.2, 0.25) is 0 Å². The normalized spacial score (nSPS) is 14.1. The van der Waals surface area contributed by atoms with E-state index in [4.69, 9.17) is 20.5 Å². The Morgan fingerprint density at radius 2 is 2.17 bits per heavy atom. The zero-order chi connectivity index (χ0) is 20.6. The van der Waals surface area contributed by atoms with Crippen LogP contribution in [0.3, 0.4) is 0 Å². The number of nitrogens with zero attached hydrogens (tertiary/aromatic N) is 4. The van der Waals surface area contributed by atoms with Gasteiger partial charge in [0.15, 0.2) is 11.5 Å². The van der Waals surface area contributed by atoms with Gasteiger partial charge in [0.2, 0.25) is 5.95 Å². The highest BCUT2D eigenvalue weighted by molar-refractivity contribution is 5.51. The largest absolute Gasteiger partial charge is 0.493 e. The number of ether oxygens (including phenoxy) is 2. The lowest BCUT2D eigenvalue weighted by Gasteiger charge is -2.35. The molecule has 29 heavy (non-hydrogen) atoms. The number of nitrogen functional groups attached to an aromatic ring is 1. The Balaban J connectivity index is 1.91. The van der Waals surface area contributed by atoms with Crippen molar-refractivity contribution in [2.24, 2.45) is 0 Å². The van der Waals surface area contributed by atoms with Gasteiger partial charge in [0.25, 0.3) is 0 Å². The summed E-state index contributed by atoms with van der Waals surface area (Å²) in [6.07, 6.45) is 5.12. The van der Waals surface area contributed by atoms with Crippen molar-refractivity contribution in [1.82, 2.24) is 15.3 Å². The predicted octanol–water partition coefficient (Wildman–Crippen LogP) is 2.26. The van der Waals surface area contributed by atoms with E-state index in [9.17, 15) is 0 Å². The Bertz CT molecular complexity index is 889. The molecule has 0 spiro atoms. The number of nitriles is 1. The van der Waals surface area contributed by atoms with Crippen LogP contribution < -0.4 is 25.4 Å². The Morgan fingerprint density at radius 3 is 2.83 bits per heavy atom. The number of benzene rings is 1. The Kier molecular flexibility index (Phi) is 6.87. The maximum absolute atomic E-state index is 9.12. The van der Waals surface area contributed by atoms with E-state index >= 15 is 0 Å². The van der Waals surface area contributed by atoms with Crippen molar-refractivity contribution in [3.8, 4) is 17.6 Å². The lowest BCUT2D eigenvalue weighted by Crippen LogP contribution is -2.43. The van der Waals surface area contributed by atoms with E-state index < -0.39 is 0 Å². The maximum Gasteiger partial charge on any atom is 0.227 e. The van der Waals surface area contributed by atoms with Gasteiger partial charge in [-0.2, -0.15) is 10.2 Å². The zero-order valence-electron chi connectivity index (χ0n) is 16.6. The first-order chi connectivity index (χ1) is 14.2. The Morgan fingerprint density at radius 1 is 1.38 bits per heavy atom. The molecule has 0 atom stereocenters. The molecule has 1 aliphatic rings. The van der Waals surface area contributed by atoms with Crippen molar-refractivity contribution in [3.63, 3.8) is 0 Å². The molecule has 0 saturated carbocycles. The summed E-state index contributed by atoms with van der Waals surface area (Å²) < 4.78 is 11.1. The topological polar surface area (TPSA) is 109 Å². The number of methoxy groups -OCH3 is 1. The molecule has 2 aromatic rings. The van der Waals surface area contributed by atoms with E-state index in [1.165, 1.54) is 6.20 Å². The molecule has 1 aromatic heterocycles. The van der Waals surface area contributed by atoms with Crippen LogP contribution in [0.25, 0.3) is 0 Å². The molecule has 1 fully saturated rings. The van der Waals surface area contributed by atoms with Crippen molar-refractivity contribution < 1.29 is 9.47 Å². The number of hydrogen-bond acceptors (Lipinski definition) is 8. The average Bonchev–Trinajstić information content (AvgIpc) is 2.76. The molecule has 0 aliphatic carbocycles. The lowest BCUT2D eigenvalue weighted by molar-refractivity contribution is 0.326. The number of hydrogen-bond donors (Lipinski definition) is 2. The summed E-state index contributed by atoms with van der Waals surface area (Å²) in [4.78, 5) is 11.0. The third kappa shape index (κ3) is 4.95. The summed E-state index contributed by atoms with van der Waals surface area (Å²) in [7, 11) is 1.62. The van der Waals surface area contributed by atoms with E-state index in [-0.39, 0.29) is 17.4 Å². The summed E-state index contributed by atoms with van der Waals surface area (Å²) in [6.45, 7) is 6.55. The molecule has 8 heteroatoms. The summed E-state index contributed by atoms with van der Waals surface area (Å²) in [5, 5.41) is 12.5. The molecule has 0 radical (unpaired) electrons. The van der Waals surface area contributed by atoms with Gasteiger partial charge in [-0.05, 0) is 43.6 Å². The van der Waals surface area contributed by atoms with Gasteiger partial charge in [-0.1, -0.05) is 18.7 Å². The van der Waals surface area contributed by atoms with Crippen molar-refractivity contribution >= 4 is 11.8 Å². The minimum Gasteiger partial charge on any atom is -0.493 e. The van der Waals surface area contributed by atoms with Gasteiger partial charge in [-0.15, -0.1) is 0 Å². The Hall–Kier alpha value is -3.31. The number of aromatic nitrogens is 2. The number of anilines is 2. The molecular weight excluding hydrogens is 368 g/mol. The predicted molar refractivity (Wildman–Crippen MR) is 112 cm³/mol. The van der Waals surface area contributed by atoms with Crippen molar-refractivity contribution in [2.45, 2.75) is 25.4 Å². The van der Waals surface area contributed by atoms with E-state index in [2.05, 4.69) is 26.8 Å². The molecule has 152 valence electrons. The second-order valence-electron chi connectivity index (χ2n) is 6.77. The fourth-order valence-corrected chi connectivity index (χ4v) is 3.37. The van der Waals surface area contributed by atoms with E-state index in [0.29, 0.717) is 30.6 Å². The fraction of sp³-hybridized carbons (Fsp3) is 0.381. The standard InChI is InChI=1S/C21H26N6O2/c1-3-10-29-19-11-15(4-5-18(19)28-2)14-27(17-6-8-24-9-7-17)21-25-13-16(12-22)20(23)26-21/h3-5,11,13,17,24H,1,6-10,14H2,2H3,(H2,23,25,26). The van der Waals surface area contributed by atoms with Gasteiger partial charge in [0.05, 0.1) is 13.3 Å². The van der Waals surface area contributed by atoms with Gasteiger partial charge in [-0.25, -0.2) is 4.98 Å². The van der Waals surface area contributed by atoms with E-state index in [0.717, 1.165) is 31.5 Å². The highest BCUT2D eigenvalue weighted by Crippen LogP contribution is 2.30. The van der Waals surface area contributed by atoms with Gasteiger partial charge >= 0.3 is 0 Å². The molecule has 0 amide bonds. The molecule has 3 N–H and O–H groups in total. The first kappa shape index (κ1) is 20.4. The number of rotatable bonds is 8. The zero-order valence-corrected chi connectivity index (χ0v) is 16.6. The summed E-state index contributed by atoms with van der Waals surface area (Å²) >= 11 is 0. The molecular formula is C21H26N6O2.